The van der Waals surface area contributed by atoms with E-state index in [1.54, 1.807) is 12.1 Å². The molecule has 0 bridgehead atoms. The van der Waals surface area contributed by atoms with Crippen LogP contribution in [0.5, 0.6) is 0 Å². The van der Waals surface area contributed by atoms with E-state index < -0.39 is 17.9 Å². The van der Waals surface area contributed by atoms with Gasteiger partial charge in [0.2, 0.25) is 0 Å². The van der Waals surface area contributed by atoms with E-state index in [2.05, 4.69) is 10.9 Å². The van der Waals surface area contributed by atoms with Crippen LogP contribution in [0.25, 0.3) is 0 Å². The summed E-state index contributed by atoms with van der Waals surface area (Å²) >= 11 is 0. The largest absolute Gasteiger partial charge is 0.385 e. The van der Waals surface area contributed by atoms with Gasteiger partial charge in [-0.3, -0.25) is 4.90 Å². The number of benzene rings is 1. The molecule has 1 unspecified atom stereocenters. The van der Waals surface area contributed by atoms with Crippen molar-refractivity contribution in [3.05, 3.63) is 35.6 Å². The molecular formula is C12H10FN3O. The van der Waals surface area contributed by atoms with Crippen LogP contribution in [0.15, 0.2) is 29.3 Å². The van der Waals surface area contributed by atoms with Crippen LogP contribution in [0, 0.1) is 18.2 Å². The minimum atomic E-state index is -0.575. The van der Waals surface area contributed by atoms with Crippen LogP contribution in [-0.4, -0.2) is 23.3 Å². The van der Waals surface area contributed by atoms with E-state index in [1.165, 1.54) is 17.0 Å². The predicted molar refractivity (Wildman–Crippen MR) is 61.7 cm³/mol. The maximum Gasteiger partial charge on any atom is 0.346 e. The number of nitrogens with two attached hydrogens (primary N) is 1. The van der Waals surface area contributed by atoms with Gasteiger partial charge in [-0.15, -0.1) is 6.42 Å². The van der Waals surface area contributed by atoms with Crippen molar-refractivity contribution in [2.24, 2.45) is 10.7 Å². The summed E-state index contributed by atoms with van der Waals surface area (Å²) in [5.74, 6) is 2.10. The summed E-state index contributed by atoms with van der Waals surface area (Å²) in [5.41, 5.74) is 6.23. The van der Waals surface area contributed by atoms with Crippen LogP contribution in [-0.2, 0) is 0 Å². The van der Waals surface area contributed by atoms with Crippen molar-refractivity contribution in [3.63, 3.8) is 0 Å². The number of carbonyl (C=O) groups excluding carboxylic acids is 1. The van der Waals surface area contributed by atoms with Crippen LogP contribution in [0.1, 0.15) is 11.6 Å². The predicted octanol–water partition coefficient (Wildman–Crippen LogP) is 1.29. The Morgan fingerprint density at radius 1 is 1.59 bits per heavy atom. The first-order valence-corrected chi connectivity index (χ1v) is 4.97. The number of amidine groups is 1. The van der Waals surface area contributed by atoms with Gasteiger partial charge in [-0.1, -0.05) is 18.1 Å². The molecule has 2 rings (SSSR count). The third kappa shape index (κ3) is 1.97. The molecule has 5 heteroatoms. The normalized spacial score (nSPS) is 19.1. The second kappa shape index (κ2) is 4.26. The molecule has 0 saturated heterocycles. The molecule has 1 heterocycles. The highest BCUT2D eigenvalue weighted by Gasteiger charge is 2.33. The molecule has 2 amide bonds. The molecule has 1 aromatic rings. The Balaban J connectivity index is 2.39. The zero-order valence-corrected chi connectivity index (χ0v) is 8.93. The van der Waals surface area contributed by atoms with Gasteiger partial charge in [-0.2, -0.15) is 4.99 Å². The number of nitrogens with zero attached hydrogens (tertiary/aromatic N) is 2. The van der Waals surface area contributed by atoms with Crippen LogP contribution in [0.3, 0.4) is 0 Å². The Kier molecular flexibility index (Phi) is 2.79. The molecule has 1 aromatic carbocycles. The number of aliphatic imine (C=N–C) groups is 1. The van der Waals surface area contributed by atoms with Crippen molar-refractivity contribution in [2.75, 3.05) is 6.54 Å². The van der Waals surface area contributed by atoms with E-state index >= 15 is 0 Å². The minimum Gasteiger partial charge on any atom is -0.385 e. The van der Waals surface area contributed by atoms with Crippen molar-refractivity contribution in [1.29, 1.82) is 0 Å². The molecule has 0 saturated carbocycles. The number of rotatable bonds is 2. The van der Waals surface area contributed by atoms with E-state index in [9.17, 15) is 9.18 Å². The highest BCUT2D eigenvalue weighted by Crippen LogP contribution is 2.26. The number of amides is 2. The number of hydrogen-bond donors (Lipinski definition) is 1. The lowest BCUT2D eigenvalue weighted by molar-refractivity contribution is 0.213. The molecule has 1 atom stereocenters. The first-order chi connectivity index (χ1) is 8.13. The number of urea groups is 1. The molecule has 0 radical (unpaired) electrons. The number of halogens is 1. The lowest BCUT2D eigenvalue weighted by atomic mass is 10.1. The molecule has 4 nitrogen and oxygen atoms in total. The maximum absolute atomic E-state index is 13.1. The average molecular weight is 231 g/mol. The topological polar surface area (TPSA) is 58.7 Å². The molecule has 0 spiro atoms. The van der Waals surface area contributed by atoms with Crippen LogP contribution >= 0.6 is 0 Å². The third-order valence-electron chi connectivity index (χ3n) is 2.49. The van der Waals surface area contributed by atoms with E-state index in [4.69, 9.17) is 12.2 Å². The zero-order chi connectivity index (χ0) is 12.4. The molecule has 1 aliphatic heterocycles. The van der Waals surface area contributed by atoms with Gasteiger partial charge in [0, 0.05) is 0 Å². The SMILES string of the molecule is C#CCN1C(=O)N=C(N)C1c1cccc(F)c1. The fraction of sp³-hybridized carbons (Fsp3) is 0.167. The van der Waals surface area contributed by atoms with Crippen LogP contribution in [0.4, 0.5) is 9.18 Å². The highest BCUT2D eigenvalue weighted by atomic mass is 19.1. The molecule has 1 aliphatic rings. The van der Waals surface area contributed by atoms with Crippen molar-refractivity contribution in [2.45, 2.75) is 6.04 Å². The molecule has 2 N–H and O–H groups in total. The lowest BCUT2D eigenvalue weighted by Gasteiger charge is -2.22. The van der Waals surface area contributed by atoms with Gasteiger partial charge in [0.15, 0.2) is 0 Å². The average Bonchev–Trinajstić information content (AvgIpc) is 2.54. The van der Waals surface area contributed by atoms with Crippen LogP contribution < -0.4 is 5.73 Å². The minimum absolute atomic E-state index is 0.0875. The second-order valence-corrected chi connectivity index (χ2v) is 3.61. The van der Waals surface area contributed by atoms with Gasteiger partial charge in [-0.25, -0.2) is 9.18 Å². The van der Waals surface area contributed by atoms with Crippen molar-refractivity contribution in [3.8, 4) is 12.3 Å². The van der Waals surface area contributed by atoms with Crippen molar-refractivity contribution < 1.29 is 9.18 Å². The van der Waals surface area contributed by atoms with Gasteiger partial charge in [0.05, 0.1) is 6.54 Å². The Morgan fingerprint density at radius 3 is 3.00 bits per heavy atom. The maximum atomic E-state index is 13.1. The summed E-state index contributed by atoms with van der Waals surface area (Å²) < 4.78 is 13.1. The molecular weight excluding hydrogens is 221 g/mol. The number of hydrogen-bond acceptors (Lipinski definition) is 2. The first kappa shape index (κ1) is 11.1. The molecule has 0 aliphatic carbocycles. The summed E-state index contributed by atoms with van der Waals surface area (Å²) in [7, 11) is 0. The summed E-state index contributed by atoms with van der Waals surface area (Å²) in [6, 6.07) is 4.80. The standard InChI is InChI=1S/C12H10FN3O/c1-2-6-16-10(11(14)15-12(16)17)8-4-3-5-9(13)7-8/h1,3-5,7,10H,6H2,(H2,14,15,17). The third-order valence-corrected chi connectivity index (χ3v) is 2.49. The van der Waals surface area contributed by atoms with Gasteiger partial charge < -0.3 is 5.73 Å². The van der Waals surface area contributed by atoms with Gasteiger partial charge in [-0.05, 0) is 17.7 Å². The van der Waals surface area contributed by atoms with E-state index in [0.29, 0.717) is 5.56 Å². The quantitative estimate of drug-likeness (QED) is 0.780. The first-order valence-electron chi connectivity index (χ1n) is 4.97. The number of carbonyl (C=O) groups is 1. The number of terminal acetylenes is 1. The summed E-state index contributed by atoms with van der Waals surface area (Å²) in [6.07, 6.45) is 5.18. The van der Waals surface area contributed by atoms with Gasteiger partial charge >= 0.3 is 6.03 Å². The fourth-order valence-electron chi connectivity index (χ4n) is 1.79. The highest BCUT2D eigenvalue weighted by molar-refractivity contribution is 6.03. The van der Waals surface area contributed by atoms with Crippen LogP contribution in [0.2, 0.25) is 0 Å². The Labute approximate surface area is 97.9 Å². The lowest BCUT2D eigenvalue weighted by Crippen LogP contribution is -2.33. The summed E-state index contributed by atoms with van der Waals surface area (Å²) in [6.45, 7) is 0.0875. The van der Waals surface area contributed by atoms with Crippen molar-refractivity contribution in [1.82, 2.24) is 4.90 Å². The zero-order valence-electron chi connectivity index (χ0n) is 8.93. The van der Waals surface area contributed by atoms with E-state index in [-0.39, 0.29) is 12.4 Å². The summed E-state index contributed by atoms with van der Waals surface area (Å²) in [4.78, 5) is 16.5. The fourth-order valence-corrected chi connectivity index (χ4v) is 1.79. The molecule has 86 valence electrons. The van der Waals surface area contributed by atoms with Gasteiger partial charge in [0.1, 0.15) is 17.7 Å². The molecule has 17 heavy (non-hydrogen) atoms. The second-order valence-electron chi connectivity index (χ2n) is 3.61. The molecule has 0 fully saturated rings. The van der Waals surface area contributed by atoms with E-state index in [0.717, 1.165) is 0 Å². The Hall–Kier alpha value is -2.35. The Morgan fingerprint density at radius 2 is 2.35 bits per heavy atom. The Bertz CT molecular complexity index is 533. The van der Waals surface area contributed by atoms with E-state index in [1.807, 2.05) is 0 Å². The van der Waals surface area contributed by atoms with Gasteiger partial charge in [0.25, 0.3) is 0 Å². The molecule has 0 aromatic heterocycles. The monoisotopic (exact) mass is 231 g/mol. The smallest absolute Gasteiger partial charge is 0.346 e. The summed E-state index contributed by atoms with van der Waals surface area (Å²) in [5, 5.41) is 0. The van der Waals surface area contributed by atoms with Crippen molar-refractivity contribution >= 4 is 11.9 Å².